The fraction of sp³-hybridized carbons (Fsp3) is 0.250. The second-order valence-corrected chi connectivity index (χ2v) is 6.92. The first-order chi connectivity index (χ1) is 11.0. The van der Waals surface area contributed by atoms with Gasteiger partial charge in [-0.1, -0.05) is 12.1 Å². The second-order valence-electron chi connectivity index (χ2n) is 5.20. The molecule has 7 heteroatoms. The molecule has 0 spiro atoms. The lowest BCUT2D eigenvalue weighted by Crippen LogP contribution is -2.27. The highest BCUT2D eigenvalue weighted by atomic mass is 32.2. The molecule has 3 rings (SSSR count). The number of nitrogens with one attached hydrogen (secondary N) is 1. The zero-order chi connectivity index (χ0) is 16.4. The fourth-order valence-corrected chi connectivity index (χ4v) is 3.60. The normalized spacial score (nSPS) is 15.2. The molecule has 2 aromatic rings. The van der Waals surface area contributed by atoms with Crippen LogP contribution >= 0.6 is 0 Å². The smallest absolute Gasteiger partial charge is 0.241 e. The van der Waals surface area contributed by atoms with Crippen LogP contribution in [0.25, 0.3) is 0 Å². The van der Waals surface area contributed by atoms with E-state index in [1.807, 2.05) is 0 Å². The number of sulfonamides is 1. The highest BCUT2D eigenvalue weighted by molar-refractivity contribution is 7.89. The Balaban J connectivity index is 1.82. The Hall–Kier alpha value is -2.12. The lowest BCUT2D eigenvalue weighted by Gasteiger charge is -2.21. The summed E-state index contributed by atoms with van der Waals surface area (Å²) >= 11 is 0. The van der Waals surface area contributed by atoms with E-state index in [4.69, 9.17) is 9.47 Å². The largest absolute Gasteiger partial charge is 0.486 e. The van der Waals surface area contributed by atoms with Gasteiger partial charge < -0.3 is 9.47 Å². The molecule has 1 atom stereocenters. The molecule has 2 aromatic carbocycles. The van der Waals surface area contributed by atoms with E-state index < -0.39 is 21.9 Å². The third-order valence-electron chi connectivity index (χ3n) is 3.50. The second kappa shape index (κ2) is 6.17. The summed E-state index contributed by atoms with van der Waals surface area (Å²) in [6.45, 7) is 2.66. The molecule has 0 bridgehead atoms. The molecule has 0 saturated heterocycles. The van der Waals surface area contributed by atoms with Gasteiger partial charge in [-0.3, -0.25) is 0 Å². The summed E-state index contributed by atoms with van der Waals surface area (Å²) in [5.41, 5.74) is 0.731. The van der Waals surface area contributed by atoms with Gasteiger partial charge in [-0.05, 0) is 42.8 Å². The SMILES string of the molecule is CC(NS(=O)(=O)c1cccc(F)c1)c1ccc2c(c1)OCCO2. The molecular formula is C16H16FNO4S. The highest BCUT2D eigenvalue weighted by Crippen LogP contribution is 2.32. The van der Waals surface area contributed by atoms with Gasteiger partial charge in [0, 0.05) is 6.04 Å². The third-order valence-corrected chi connectivity index (χ3v) is 5.04. The van der Waals surface area contributed by atoms with Crippen LogP contribution in [0.1, 0.15) is 18.5 Å². The summed E-state index contributed by atoms with van der Waals surface area (Å²) in [5, 5.41) is 0. The van der Waals surface area contributed by atoms with Gasteiger partial charge in [0.15, 0.2) is 11.5 Å². The maximum Gasteiger partial charge on any atom is 0.241 e. The van der Waals surface area contributed by atoms with Crippen LogP contribution in [-0.4, -0.2) is 21.6 Å². The van der Waals surface area contributed by atoms with Gasteiger partial charge in [-0.25, -0.2) is 17.5 Å². The molecule has 0 aromatic heterocycles. The van der Waals surface area contributed by atoms with Gasteiger partial charge in [-0.2, -0.15) is 0 Å². The van der Waals surface area contributed by atoms with Gasteiger partial charge in [0.1, 0.15) is 19.0 Å². The number of benzene rings is 2. The zero-order valence-electron chi connectivity index (χ0n) is 12.5. The monoisotopic (exact) mass is 337 g/mol. The number of hydrogen-bond donors (Lipinski definition) is 1. The first-order valence-electron chi connectivity index (χ1n) is 7.13. The van der Waals surface area contributed by atoms with Crippen LogP contribution in [-0.2, 0) is 10.0 Å². The lowest BCUT2D eigenvalue weighted by atomic mass is 10.1. The minimum absolute atomic E-state index is 0.109. The molecule has 1 N–H and O–H groups in total. The minimum atomic E-state index is -3.81. The maximum atomic E-state index is 13.2. The molecule has 122 valence electrons. The Labute approximate surface area is 134 Å². The van der Waals surface area contributed by atoms with Crippen LogP contribution in [0.5, 0.6) is 11.5 Å². The number of halogens is 1. The zero-order valence-corrected chi connectivity index (χ0v) is 13.3. The average Bonchev–Trinajstić information content (AvgIpc) is 2.54. The van der Waals surface area contributed by atoms with Crippen molar-refractivity contribution in [2.24, 2.45) is 0 Å². The van der Waals surface area contributed by atoms with Crippen molar-refractivity contribution in [1.29, 1.82) is 0 Å². The van der Waals surface area contributed by atoms with Crippen LogP contribution in [0, 0.1) is 5.82 Å². The Morgan fingerprint density at radius 2 is 1.83 bits per heavy atom. The molecule has 1 unspecified atom stereocenters. The van der Waals surface area contributed by atoms with Crippen molar-refractivity contribution >= 4 is 10.0 Å². The van der Waals surface area contributed by atoms with Crippen LogP contribution in [0.3, 0.4) is 0 Å². The van der Waals surface area contributed by atoms with Crippen molar-refractivity contribution in [3.63, 3.8) is 0 Å². The highest BCUT2D eigenvalue weighted by Gasteiger charge is 2.20. The van der Waals surface area contributed by atoms with Crippen molar-refractivity contribution in [3.8, 4) is 11.5 Å². The van der Waals surface area contributed by atoms with E-state index in [2.05, 4.69) is 4.72 Å². The summed E-state index contributed by atoms with van der Waals surface area (Å²) in [6.07, 6.45) is 0. The number of hydrogen-bond acceptors (Lipinski definition) is 4. The summed E-state index contributed by atoms with van der Waals surface area (Å²) < 4.78 is 51.3. The van der Waals surface area contributed by atoms with Gasteiger partial charge in [0.05, 0.1) is 4.90 Å². The van der Waals surface area contributed by atoms with Crippen molar-refractivity contribution in [3.05, 3.63) is 53.8 Å². The molecular weight excluding hydrogens is 321 g/mol. The number of fused-ring (bicyclic) bond motifs is 1. The minimum Gasteiger partial charge on any atom is -0.486 e. The van der Waals surface area contributed by atoms with E-state index in [1.165, 1.54) is 18.2 Å². The molecule has 0 saturated carbocycles. The number of rotatable bonds is 4. The third kappa shape index (κ3) is 3.46. The van der Waals surface area contributed by atoms with Gasteiger partial charge >= 0.3 is 0 Å². The molecule has 0 fully saturated rings. The molecule has 5 nitrogen and oxygen atoms in total. The van der Waals surface area contributed by atoms with Gasteiger partial charge in [-0.15, -0.1) is 0 Å². The van der Waals surface area contributed by atoms with Crippen LogP contribution in [0.15, 0.2) is 47.4 Å². The first-order valence-corrected chi connectivity index (χ1v) is 8.61. The van der Waals surface area contributed by atoms with E-state index in [0.29, 0.717) is 24.7 Å². The Morgan fingerprint density at radius 3 is 2.57 bits per heavy atom. The maximum absolute atomic E-state index is 13.2. The van der Waals surface area contributed by atoms with E-state index in [-0.39, 0.29) is 4.90 Å². The van der Waals surface area contributed by atoms with E-state index in [1.54, 1.807) is 25.1 Å². The Kier molecular flexibility index (Phi) is 4.23. The van der Waals surface area contributed by atoms with Gasteiger partial charge in [0.25, 0.3) is 0 Å². The Morgan fingerprint density at radius 1 is 1.09 bits per heavy atom. The van der Waals surface area contributed by atoms with Crippen molar-refractivity contribution in [1.82, 2.24) is 4.72 Å². The predicted octanol–water partition coefficient (Wildman–Crippen LogP) is 2.64. The summed E-state index contributed by atoms with van der Waals surface area (Å²) in [6, 6.07) is 9.65. The van der Waals surface area contributed by atoms with Crippen molar-refractivity contribution in [2.45, 2.75) is 17.9 Å². The van der Waals surface area contributed by atoms with Crippen LogP contribution in [0.2, 0.25) is 0 Å². The van der Waals surface area contributed by atoms with Gasteiger partial charge in [0.2, 0.25) is 10.0 Å². The first kappa shape index (κ1) is 15.8. The predicted molar refractivity (Wildman–Crippen MR) is 82.6 cm³/mol. The van der Waals surface area contributed by atoms with Crippen molar-refractivity contribution < 1.29 is 22.3 Å². The molecule has 0 aliphatic carbocycles. The summed E-state index contributed by atoms with van der Waals surface area (Å²) in [7, 11) is -3.81. The summed E-state index contributed by atoms with van der Waals surface area (Å²) in [5.74, 6) is 0.630. The van der Waals surface area contributed by atoms with Crippen molar-refractivity contribution in [2.75, 3.05) is 13.2 Å². The van der Waals surface area contributed by atoms with E-state index >= 15 is 0 Å². The van der Waals surface area contributed by atoms with E-state index in [9.17, 15) is 12.8 Å². The Bertz CT molecular complexity index is 823. The molecule has 0 radical (unpaired) electrons. The average molecular weight is 337 g/mol. The quantitative estimate of drug-likeness (QED) is 0.931. The molecule has 1 aliphatic rings. The summed E-state index contributed by atoms with van der Waals surface area (Å²) in [4.78, 5) is -0.109. The van der Waals surface area contributed by atoms with Crippen LogP contribution in [0.4, 0.5) is 4.39 Å². The molecule has 1 aliphatic heterocycles. The topological polar surface area (TPSA) is 64.6 Å². The number of ether oxygens (including phenoxy) is 2. The molecule has 0 amide bonds. The molecule has 23 heavy (non-hydrogen) atoms. The van der Waals surface area contributed by atoms with Crippen LogP contribution < -0.4 is 14.2 Å². The van der Waals surface area contributed by atoms with E-state index in [0.717, 1.165) is 11.6 Å². The lowest BCUT2D eigenvalue weighted by molar-refractivity contribution is 0.171. The standard InChI is InChI=1S/C16H16FNO4S/c1-11(12-5-6-15-16(9-12)22-8-7-21-15)18-23(19,20)14-4-2-3-13(17)10-14/h2-6,9-11,18H,7-8H2,1H3. The molecule has 1 heterocycles. The fourth-order valence-electron chi connectivity index (χ4n) is 2.33.